The van der Waals surface area contributed by atoms with Crippen molar-refractivity contribution in [2.45, 2.75) is 0 Å². The maximum absolute atomic E-state index is 6.42. The molecule has 0 saturated carbocycles. The van der Waals surface area contributed by atoms with Gasteiger partial charge in [0.25, 0.3) is 0 Å². The molecular formula is C41H25N3O2. The zero-order chi connectivity index (χ0) is 30.5. The summed E-state index contributed by atoms with van der Waals surface area (Å²) in [4.78, 5) is 15.0. The van der Waals surface area contributed by atoms with E-state index in [4.69, 9.17) is 18.8 Å². The highest BCUT2D eigenvalue weighted by Gasteiger charge is 2.18. The summed E-state index contributed by atoms with van der Waals surface area (Å²) in [6.07, 6.45) is 0. The molecule has 0 unspecified atom stereocenters. The second-order valence-corrected chi connectivity index (χ2v) is 11.3. The number of fused-ring (bicyclic) bond motifs is 4. The van der Waals surface area contributed by atoms with Crippen LogP contribution in [0.4, 0.5) is 0 Å². The van der Waals surface area contributed by atoms with Gasteiger partial charge in [-0.3, -0.25) is 0 Å². The minimum Gasteiger partial charge on any atom is -0.456 e. The number of oxazole rings is 1. The normalized spacial score (nSPS) is 11.5. The van der Waals surface area contributed by atoms with E-state index in [1.165, 1.54) is 0 Å². The Morgan fingerprint density at radius 2 is 1.07 bits per heavy atom. The van der Waals surface area contributed by atoms with Crippen LogP contribution >= 0.6 is 0 Å². The van der Waals surface area contributed by atoms with Crippen LogP contribution in [-0.2, 0) is 0 Å². The number of furan rings is 1. The summed E-state index contributed by atoms with van der Waals surface area (Å²) in [5.41, 5.74) is 10.9. The quantitative estimate of drug-likeness (QED) is 0.199. The molecule has 0 amide bonds. The van der Waals surface area contributed by atoms with Gasteiger partial charge >= 0.3 is 0 Å². The van der Waals surface area contributed by atoms with Gasteiger partial charge in [-0.15, -0.1) is 0 Å². The minimum atomic E-state index is 0.560. The van der Waals surface area contributed by atoms with Crippen molar-refractivity contribution in [1.29, 1.82) is 0 Å². The Morgan fingerprint density at radius 1 is 0.391 bits per heavy atom. The van der Waals surface area contributed by atoms with Gasteiger partial charge in [0.1, 0.15) is 16.7 Å². The molecule has 46 heavy (non-hydrogen) atoms. The Kier molecular flexibility index (Phi) is 6.06. The zero-order valence-electron chi connectivity index (χ0n) is 24.6. The number of hydrogen-bond acceptors (Lipinski definition) is 5. The number of nitrogens with zero attached hydrogens (tertiary/aromatic N) is 3. The highest BCUT2D eigenvalue weighted by molar-refractivity contribution is 6.12. The van der Waals surface area contributed by atoms with E-state index in [0.717, 1.165) is 77.8 Å². The number of aromatic nitrogens is 3. The zero-order valence-corrected chi connectivity index (χ0v) is 24.6. The average Bonchev–Trinajstić information content (AvgIpc) is 3.74. The van der Waals surface area contributed by atoms with Crippen molar-refractivity contribution in [3.8, 4) is 56.5 Å². The summed E-state index contributed by atoms with van der Waals surface area (Å²) in [6, 6.07) is 51.2. The molecule has 0 spiro atoms. The van der Waals surface area contributed by atoms with Gasteiger partial charge in [0.05, 0.1) is 11.4 Å². The molecule has 0 aliphatic heterocycles. The second kappa shape index (κ2) is 10.7. The SMILES string of the molecule is c1ccc(-c2cccc(-c3cc(-c4ccccc4)nc(-c4cccc5oc6cc(-c7nc8ccccc8o7)ccc6c45)n3)c2)cc1. The lowest BCUT2D eigenvalue weighted by Gasteiger charge is -2.11. The fraction of sp³-hybridized carbons (Fsp3) is 0. The van der Waals surface area contributed by atoms with Gasteiger partial charge < -0.3 is 8.83 Å². The van der Waals surface area contributed by atoms with Crippen LogP contribution in [0.5, 0.6) is 0 Å². The molecule has 9 rings (SSSR count). The fourth-order valence-corrected chi connectivity index (χ4v) is 6.10. The Bertz CT molecular complexity index is 2500. The second-order valence-electron chi connectivity index (χ2n) is 11.3. The van der Waals surface area contributed by atoms with E-state index in [-0.39, 0.29) is 0 Å². The first-order valence-electron chi connectivity index (χ1n) is 15.2. The molecule has 0 atom stereocenters. The number of rotatable bonds is 5. The largest absolute Gasteiger partial charge is 0.456 e. The predicted octanol–water partition coefficient (Wildman–Crippen LogP) is 10.9. The van der Waals surface area contributed by atoms with Crippen molar-refractivity contribution in [3.63, 3.8) is 0 Å². The first kappa shape index (κ1) is 26.1. The maximum atomic E-state index is 6.42. The summed E-state index contributed by atoms with van der Waals surface area (Å²) in [5.74, 6) is 1.20. The standard InChI is InChI=1S/C41H25N3O2/c1-3-11-26(12-4-1)28-15-9-16-29(23-28)35-25-34(27-13-5-2-6-14-27)42-40(43-35)32-17-10-20-37-39(32)31-22-21-30(24-38(31)45-37)41-44-33-18-7-8-19-36(33)46-41/h1-25H. The molecule has 0 aliphatic carbocycles. The average molecular weight is 592 g/mol. The van der Waals surface area contributed by atoms with Crippen LogP contribution in [0.15, 0.2) is 160 Å². The molecule has 5 heteroatoms. The van der Waals surface area contributed by atoms with E-state index in [0.29, 0.717) is 11.7 Å². The summed E-state index contributed by atoms with van der Waals surface area (Å²) in [6.45, 7) is 0. The summed E-state index contributed by atoms with van der Waals surface area (Å²) in [7, 11) is 0. The Balaban J connectivity index is 1.21. The van der Waals surface area contributed by atoms with Crippen molar-refractivity contribution in [2.24, 2.45) is 0 Å². The van der Waals surface area contributed by atoms with Crippen molar-refractivity contribution in [2.75, 3.05) is 0 Å². The minimum absolute atomic E-state index is 0.560. The maximum Gasteiger partial charge on any atom is 0.227 e. The Labute approximate surface area is 264 Å². The number of para-hydroxylation sites is 2. The van der Waals surface area contributed by atoms with Crippen LogP contribution in [-0.4, -0.2) is 15.0 Å². The third kappa shape index (κ3) is 4.54. The van der Waals surface area contributed by atoms with E-state index in [1.807, 2.05) is 72.8 Å². The van der Waals surface area contributed by atoms with Crippen LogP contribution in [0.2, 0.25) is 0 Å². The van der Waals surface area contributed by atoms with Crippen LogP contribution < -0.4 is 0 Å². The van der Waals surface area contributed by atoms with Crippen molar-refractivity contribution < 1.29 is 8.83 Å². The smallest absolute Gasteiger partial charge is 0.227 e. The molecule has 5 nitrogen and oxygen atoms in total. The molecule has 3 aromatic heterocycles. The van der Waals surface area contributed by atoms with Crippen molar-refractivity contribution >= 4 is 33.0 Å². The molecule has 0 saturated heterocycles. The highest BCUT2D eigenvalue weighted by Crippen LogP contribution is 2.39. The van der Waals surface area contributed by atoms with Gasteiger partial charge in [0.2, 0.25) is 5.89 Å². The molecule has 0 fully saturated rings. The number of benzene rings is 6. The molecular weight excluding hydrogens is 566 g/mol. The first-order chi connectivity index (χ1) is 22.8. The van der Waals surface area contributed by atoms with Crippen molar-refractivity contribution in [3.05, 3.63) is 152 Å². The summed E-state index contributed by atoms with van der Waals surface area (Å²) < 4.78 is 12.5. The number of hydrogen-bond donors (Lipinski definition) is 0. The van der Waals surface area contributed by atoms with Gasteiger partial charge in [-0.2, -0.15) is 0 Å². The van der Waals surface area contributed by atoms with E-state index < -0.39 is 0 Å². The van der Waals surface area contributed by atoms with Gasteiger partial charge in [-0.25, -0.2) is 15.0 Å². The van der Waals surface area contributed by atoms with Gasteiger partial charge in [-0.05, 0) is 59.7 Å². The fourth-order valence-electron chi connectivity index (χ4n) is 6.10. The molecule has 3 heterocycles. The molecule has 6 aromatic carbocycles. The summed E-state index contributed by atoms with van der Waals surface area (Å²) >= 11 is 0. The molecule has 0 bridgehead atoms. The van der Waals surface area contributed by atoms with Crippen LogP contribution in [0.1, 0.15) is 0 Å². The van der Waals surface area contributed by atoms with E-state index in [1.54, 1.807) is 0 Å². The Morgan fingerprint density at radius 3 is 1.89 bits per heavy atom. The first-order valence-corrected chi connectivity index (χ1v) is 15.2. The van der Waals surface area contributed by atoms with Crippen LogP contribution in [0.25, 0.3) is 89.5 Å². The summed E-state index contributed by atoms with van der Waals surface area (Å²) in [5, 5.41) is 1.95. The van der Waals surface area contributed by atoms with Crippen LogP contribution in [0, 0.1) is 0 Å². The lowest BCUT2D eigenvalue weighted by atomic mass is 10.00. The van der Waals surface area contributed by atoms with Crippen LogP contribution in [0.3, 0.4) is 0 Å². The topological polar surface area (TPSA) is 65.0 Å². The molecule has 9 aromatic rings. The third-order valence-electron chi connectivity index (χ3n) is 8.34. The molecule has 0 aliphatic rings. The highest BCUT2D eigenvalue weighted by atomic mass is 16.3. The molecule has 216 valence electrons. The third-order valence-corrected chi connectivity index (χ3v) is 8.34. The lowest BCUT2D eigenvalue weighted by Crippen LogP contribution is -1.96. The Hall–Kier alpha value is -6.33. The van der Waals surface area contributed by atoms with Gasteiger partial charge in [0.15, 0.2) is 11.4 Å². The monoisotopic (exact) mass is 591 g/mol. The van der Waals surface area contributed by atoms with E-state index in [9.17, 15) is 0 Å². The van der Waals surface area contributed by atoms with Crippen molar-refractivity contribution in [1.82, 2.24) is 15.0 Å². The van der Waals surface area contributed by atoms with Gasteiger partial charge in [0, 0.05) is 33.0 Å². The molecule has 0 radical (unpaired) electrons. The lowest BCUT2D eigenvalue weighted by molar-refractivity contribution is 0.619. The van der Waals surface area contributed by atoms with E-state index >= 15 is 0 Å². The molecule has 0 N–H and O–H groups in total. The van der Waals surface area contributed by atoms with E-state index in [2.05, 4.69) is 83.8 Å². The predicted molar refractivity (Wildman–Crippen MR) is 184 cm³/mol. The van der Waals surface area contributed by atoms with Gasteiger partial charge in [-0.1, -0.05) is 103 Å².